The SMILES string of the molecule is CC(C)(C)C(=O)C(C#N)c1ccccc1Br. The lowest BCUT2D eigenvalue weighted by Gasteiger charge is -2.21. The zero-order valence-corrected chi connectivity index (χ0v) is 11.2. The first-order valence-corrected chi connectivity index (χ1v) is 5.85. The molecular formula is C13H14BrNO. The van der Waals surface area contributed by atoms with Gasteiger partial charge in [0.2, 0.25) is 0 Å². The summed E-state index contributed by atoms with van der Waals surface area (Å²) < 4.78 is 0.805. The molecule has 0 spiro atoms. The molecule has 2 nitrogen and oxygen atoms in total. The van der Waals surface area contributed by atoms with Crippen LogP contribution in [0, 0.1) is 16.7 Å². The van der Waals surface area contributed by atoms with Gasteiger partial charge < -0.3 is 0 Å². The van der Waals surface area contributed by atoms with Gasteiger partial charge in [0.15, 0.2) is 5.78 Å². The molecule has 0 saturated carbocycles. The number of benzene rings is 1. The fourth-order valence-corrected chi connectivity index (χ4v) is 1.93. The molecule has 1 rings (SSSR count). The van der Waals surface area contributed by atoms with Crippen molar-refractivity contribution in [1.82, 2.24) is 0 Å². The summed E-state index contributed by atoms with van der Waals surface area (Å²) in [6.07, 6.45) is 0. The van der Waals surface area contributed by atoms with Gasteiger partial charge in [-0.2, -0.15) is 5.26 Å². The largest absolute Gasteiger partial charge is 0.297 e. The Morgan fingerprint density at radius 1 is 1.38 bits per heavy atom. The summed E-state index contributed by atoms with van der Waals surface area (Å²) in [4.78, 5) is 12.1. The first-order chi connectivity index (χ1) is 7.38. The Bertz CT molecular complexity index is 440. The van der Waals surface area contributed by atoms with E-state index in [9.17, 15) is 4.79 Å². The van der Waals surface area contributed by atoms with Crippen molar-refractivity contribution in [3.05, 3.63) is 34.3 Å². The second-order valence-corrected chi connectivity index (χ2v) is 5.55. The standard InChI is InChI=1S/C13H14BrNO/c1-13(2,3)12(16)10(8-15)9-6-4-5-7-11(9)14/h4-7,10H,1-3H3. The van der Waals surface area contributed by atoms with Gasteiger partial charge in [-0.05, 0) is 11.6 Å². The summed E-state index contributed by atoms with van der Waals surface area (Å²) in [6, 6.07) is 9.43. The van der Waals surface area contributed by atoms with E-state index in [4.69, 9.17) is 5.26 Å². The number of hydrogen-bond donors (Lipinski definition) is 0. The third kappa shape index (κ3) is 2.70. The molecule has 0 aliphatic rings. The van der Waals surface area contributed by atoms with Gasteiger partial charge in [0.05, 0.1) is 6.07 Å². The highest BCUT2D eigenvalue weighted by molar-refractivity contribution is 9.10. The average molecular weight is 280 g/mol. The Kier molecular flexibility index (Phi) is 3.88. The van der Waals surface area contributed by atoms with Crippen LogP contribution in [0.25, 0.3) is 0 Å². The molecule has 1 aromatic rings. The number of rotatable bonds is 2. The van der Waals surface area contributed by atoms with Crippen molar-refractivity contribution in [2.24, 2.45) is 5.41 Å². The molecule has 3 heteroatoms. The number of carbonyl (C=O) groups is 1. The Morgan fingerprint density at radius 3 is 2.38 bits per heavy atom. The fourth-order valence-electron chi connectivity index (χ4n) is 1.41. The highest BCUT2D eigenvalue weighted by Crippen LogP contribution is 2.31. The molecule has 0 bridgehead atoms. The summed E-state index contributed by atoms with van der Waals surface area (Å²) >= 11 is 3.37. The number of carbonyl (C=O) groups excluding carboxylic acids is 1. The molecule has 0 N–H and O–H groups in total. The van der Waals surface area contributed by atoms with E-state index < -0.39 is 11.3 Å². The third-order valence-electron chi connectivity index (χ3n) is 2.35. The predicted octanol–water partition coefficient (Wildman–Crippen LogP) is 3.67. The summed E-state index contributed by atoms with van der Waals surface area (Å²) in [5.41, 5.74) is 0.236. The predicted molar refractivity (Wildman–Crippen MR) is 67.0 cm³/mol. The highest BCUT2D eigenvalue weighted by atomic mass is 79.9. The molecule has 0 aromatic heterocycles. The van der Waals surface area contributed by atoms with Gasteiger partial charge in [-0.3, -0.25) is 4.79 Å². The molecule has 1 atom stereocenters. The number of ketones is 1. The van der Waals surface area contributed by atoms with E-state index in [2.05, 4.69) is 22.0 Å². The van der Waals surface area contributed by atoms with Gasteiger partial charge in [-0.25, -0.2) is 0 Å². The van der Waals surface area contributed by atoms with Crippen LogP contribution in [-0.2, 0) is 4.79 Å². The topological polar surface area (TPSA) is 40.9 Å². The third-order valence-corrected chi connectivity index (χ3v) is 3.07. The van der Waals surface area contributed by atoms with E-state index in [1.807, 2.05) is 45.0 Å². The molecule has 0 aliphatic carbocycles. The van der Waals surface area contributed by atoms with Gasteiger partial charge in [0.25, 0.3) is 0 Å². The average Bonchev–Trinajstić information content (AvgIpc) is 2.20. The molecule has 84 valence electrons. The van der Waals surface area contributed by atoms with Crippen LogP contribution in [0.15, 0.2) is 28.7 Å². The normalized spacial score (nSPS) is 12.9. The van der Waals surface area contributed by atoms with Crippen LogP contribution in [-0.4, -0.2) is 5.78 Å². The summed E-state index contributed by atoms with van der Waals surface area (Å²) in [7, 11) is 0. The Hall–Kier alpha value is -1.14. The molecule has 0 radical (unpaired) electrons. The van der Waals surface area contributed by atoms with Crippen molar-refractivity contribution in [2.45, 2.75) is 26.7 Å². The number of nitrogens with zero attached hydrogens (tertiary/aromatic N) is 1. The maximum absolute atomic E-state index is 12.1. The second-order valence-electron chi connectivity index (χ2n) is 4.70. The monoisotopic (exact) mass is 279 g/mol. The van der Waals surface area contributed by atoms with Crippen molar-refractivity contribution in [1.29, 1.82) is 5.26 Å². The molecule has 1 unspecified atom stereocenters. The van der Waals surface area contributed by atoms with Crippen LogP contribution in [0.2, 0.25) is 0 Å². The molecular weight excluding hydrogens is 266 g/mol. The zero-order valence-electron chi connectivity index (χ0n) is 9.62. The smallest absolute Gasteiger partial charge is 0.159 e. The minimum Gasteiger partial charge on any atom is -0.297 e. The van der Waals surface area contributed by atoms with Crippen LogP contribution in [0.4, 0.5) is 0 Å². The van der Waals surface area contributed by atoms with Gasteiger partial charge >= 0.3 is 0 Å². The molecule has 0 fully saturated rings. The van der Waals surface area contributed by atoms with E-state index in [0.29, 0.717) is 0 Å². The number of nitriles is 1. The van der Waals surface area contributed by atoms with E-state index in [0.717, 1.165) is 10.0 Å². The second kappa shape index (κ2) is 4.80. The van der Waals surface area contributed by atoms with Crippen LogP contribution >= 0.6 is 15.9 Å². The minimum atomic E-state index is -0.699. The van der Waals surface area contributed by atoms with E-state index in [-0.39, 0.29) is 5.78 Å². The number of hydrogen-bond acceptors (Lipinski definition) is 2. The minimum absolute atomic E-state index is 0.0538. The Labute approximate surface area is 104 Å². The van der Waals surface area contributed by atoms with Crippen LogP contribution < -0.4 is 0 Å². The van der Waals surface area contributed by atoms with Crippen molar-refractivity contribution in [2.75, 3.05) is 0 Å². The van der Waals surface area contributed by atoms with Gasteiger partial charge in [0.1, 0.15) is 5.92 Å². The zero-order chi connectivity index (χ0) is 12.3. The Balaban J connectivity index is 3.16. The maximum atomic E-state index is 12.1. The summed E-state index contributed by atoms with van der Waals surface area (Å²) in [5, 5.41) is 9.15. The number of halogens is 1. The summed E-state index contributed by atoms with van der Waals surface area (Å²) in [6.45, 7) is 5.49. The molecule has 1 aromatic carbocycles. The molecule has 0 amide bonds. The van der Waals surface area contributed by atoms with Gasteiger partial charge in [-0.1, -0.05) is 54.9 Å². The fraction of sp³-hybridized carbons (Fsp3) is 0.385. The van der Waals surface area contributed by atoms with Crippen LogP contribution in [0.5, 0.6) is 0 Å². The van der Waals surface area contributed by atoms with Crippen molar-refractivity contribution < 1.29 is 4.79 Å². The van der Waals surface area contributed by atoms with E-state index in [1.54, 1.807) is 0 Å². The van der Waals surface area contributed by atoms with Gasteiger partial charge in [-0.15, -0.1) is 0 Å². The van der Waals surface area contributed by atoms with Crippen LogP contribution in [0.1, 0.15) is 32.3 Å². The van der Waals surface area contributed by atoms with Crippen molar-refractivity contribution in [3.8, 4) is 6.07 Å². The first kappa shape index (κ1) is 12.9. The Morgan fingerprint density at radius 2 is 1.94 bits per heavy atom. The molecule has 16 heavy (non-hydrogen) atoms. The molecule has 0 aliphatic heterocycles. The lowest BCUT2D eigenvalue weighted by atomic mass is 9.80. The van der Waals surface area contributed by atoms with E-state index in [1.165, 1.54) is 0 Å². The van der Waals surface area contributed by atoms with E-state index >= 15 is 0 Å². The molecule has 0 saturated heterocycles. The molecule has 0 heterocycles. The number of Topliss-reactive ketones (excluding diaryl/α,β-unsaturated/α-hetero) is 1. The lowest BCUT2D eigenvalue weighted by Crippen LogP contribution is -2.26. The van der Waals surface area contributed by atoms with Crippen LogP contribution in [0.3, 0.4) is 0 Å². The van der Waals surface area contributed by atoms with Crippen molar-refractivity contribution >= 4 is 21.7 Å². The summed E-state index contributed by atoms with van der Waals surface area (Å²) in [5.74, 6) is -0.752. The lowest BCUT2D eigenvalue weighted by molar-refractivity contribution is -0.126. The van der Waals surface area contributed by atoms with Crippen molar-refractivity contribution in [3.63, 3.8) is 0 Å². The first-order valence-electron chi connectivity index (χ1n) is 5.06. The maximum Gasteiger partial charge on any atom is 0.159 e. The quantitative estimate of drug-likeness (QED) is 0.829. The van der Waals surface area contributed by atoms with Gasteiger partial charge in [0, 0.05) is 9.89 Å². The highest BCUT2D eigenvalue weighted by Gasteiger charge is 2.31.